The van der Waals surface area contributed by atoms with Crippen molar-refractivity contribution in [3.63, 3.8) is 0 Å². The van der Waals surface area contributed by atoms with Gasteiger partial charge in [-0.1, -0.05) is 27.5 Å². The third-order valence-electron chi connectivity index (χ3n) is 2.40. The molecule has 2 N–H and O–H groups in total. The topological polar surface area (TPSA) is 62.2 Å². The number of aromatic carboxylic acids is 1. The van der Waals surface area contributed by atoms with Crippen LogP contribution in [0.3, 0.4) is 0 Å². The fourth-order valence-corrected chi connectivity index (χ4v) is 2.42. The highest BCUT2D eigenvalue weighted by Crippen LogP contribution is 2.24. The van der Waals surface area contributed by atoms with E-state index in [1.165, 1.54) is 12.3 Å². The van der Waals surface area contributed by atoms with Crippen molar-refractivity contribution in [2.45, 2.75) is 6.92 Å². The van der Waals surface area contributed by atoms with Crippen LogP contribution in [0.15, 0.2) is 34.9 Å². The fraction of sp³-hybridized carbons (Fsp3) is 0.0769. The molecule has 0 bridgehead atoms. The Morgan fingerprint density at radius 1 is 1.37 bits per heavy atom. The van der Waals surface area contributed by atoms with Gasteiger partial charge in [0.2, 0.25) is 0 Å². The molecule has 1 aromatic heterocycles. The van der Waals surface area contributed by atoms with Crippen molar-refractivity contribution in [3.05, 3.63) is 51.1 Å². The lowest BCUT2D eigenvalue weighted by Gasteiger charge is -2.08. The summed E-state index contributed by atoms with van der Waals surface area (Å²) in [4.78, 5) is 15.0. The van der Waals surface area contributed by atoms with Gasteiger partial charge in [0.15, 0.2) is 0 Å². The highest BCUT2D eigenvalue weighted by molar-refractivity contribution is 9.10. The lowest BCUT2D eigenvalue weighted by Crippen LogP contribution is -2.01. The Balaban J connectivity index is 2.33. The Morgan fingerprint density at radius 2 is 2.11 bits per heavy atom. The van der Waals surface area contributed by atoms with Crippen molar-refractivity contribution in [3.8, 4) is 0 Å². The van der Waals surface area contributed by atoms with Crippen molar-refractivity contribution >= 4 is 45.0 Å². The normalized spacial score (nSPS) is 10.3. The molecule has 0 amide bonds. The number of carboxylic acid groups (broad SMARTS) is 1. The maximum atomic E-state index is 11.0. The average molecular weight is 342 g/mol. The zero-order valence-electron chi connectivity index (χ0n) is 9.95. The van der Waals surface area contributed by atoms with E-state index in [1.54, 1.807) is 0 Å². The predicted octanol–water partition coefficient (Wildman–Crippen LogP) is 4.25. The van der Waals surface area contributed by atoms with Crippen molar-refractivity contribution in [1.82, 2.24) is 4.98 Å². The Labute approximate surface area is 123 Å². The van der Waals surface area contributed by atoms with E-state index in [4.69, 9.17) is 16.7 Å². The highest BCUT2D eigenvalue weighted by atomic mass is 79.9. The van der Waals surface area contributed by atoms with Crippen LogP contribution >= 0.6 is 27.5 Å². The van der Waals surface area contributed by atoms with Crippen molar-refractivity contribution < 1.29 is 9.90 Å². The number of halogens is 2. The number of carbonyl (C=O) groups is 1. The third kappa shape index (κ3) is 3.45. The molecule has 0 radical (unpaired) electrons. The van der Waals surface area contributed by atoms with Crippen LogP contribution in [-0.2, 0) is 0 Å². The van der Waals surface area contributed by atoms with Crippen molar-refractivity contribution in [2.75, 3.05) is 5.32 Å². The number of anilines is 2. The minimum absolute atomic E-state index is 0.0193. The smallest absolute Gasteiger partial charge is 0.337 e. The van der Waals surface area contributed by atoms with Crippen LogP contribution in [-0.4, -0.2) is 16.1 Å². The lowest BCUT2D eigenvalue weighted by atomic mass is 10.2. The molecule has 98 valence electrons. The average Bonchev–Trinajstić information content (AvgIpc) is 2.30. The molecule has 1 heterocycles. The molecule has 2 rings (SSSR count). The molecule has 0 aliphatic carbocycles. The molecule has 0 fully saturated rings. The van der Waals surface area contributed by atoms with Crippen LogP contribution < -0.4 is 5.32 Å². The van der Waals surface area contributed by atoms with Crippen molar-refractivity contribution in [1.29, 1.82) is 0 Å². The second-order valence-electron chi connectivity index (χ2n) is 4.00. The lowest BCUT2D eigenvalue weighted by molar-refractivity contribution is 0.0697. The van der Waals surface area contributed by atoms with E-state index in [-0.39, 0.29) is 10.6 Å². The first-order valence-electron chi connectivity index (χ1n) is 5.39. The summed E-state index contributed by atoms with van der Waals surface area (Å²) in [5, 5.41) is 12.2. The van der Waals surface area contributed by atoms with Gasteiger partial charge in [0.05, 0.1) is 10.6 Å². The number of aryl methyl sites for hydroxylation is 1. The first-order chi connectivity index (χ1) is 8.95. The first-order valence-corrected chi connectivity index (χ1v) is 6.56. The van der Waals surface area contributed by atoms with Gasteiger partial charge < -0.3 is 10.4 Å². The van der Waals surface area contributed by atoms with Gasteiger partial charge in [0.1, 0.15) is 5.82 Å². The monoisotopic (exact) mass is 340 g/mol. The molecule has 19 heavy (non-hydrogen) atoms. The molecule has 0 saturated carbocycles. The summed E-state index contributed by atoms with van der Waals surface area (Å²) in [6, 6.07) is 7.19. The van der Waals surface area contributed by atoms with Gasteiger partial charge in [0.25, 0.3) is 0 Å². The summed E-state index contributed by atoms with van der Waals surface area (Å²) in [5.41, 5.74) is 1.91. The molecule has 2 aromatic rings. The van der Waals surface area contributed by atoms with E-state index in [9.17, 15) is 4.79 Å². The van der Waals surface area contributed by atoms with Gasteiger partial charge >= 0.3 is 5.97 Å². The Morgan fingerprint density at radius 3 is 2.74 bits per heavy atom. The summed E-state index contributed by atoms with van der Waals surface area (Å²) in [6.07, 6.45) is 1.32. The van der Waals surface area contributed by atoms with Gasteiger partial charge in [0, 0.05) is 16.4 Å². The second-order valence-corrected chi connectivity index (χ2v) is 5.32. The standard InChI is InChI=1S/C13H10BrClN2O2/c1-7-2-8(14)4-9(3-7)17-12-5-10(13(18)19)11(15)6-16-12/h2-6H,1H3,(H,16,17)(H,18,19). The predicted molar refractivity (Wildman–Crippen MR) is 78.4 cm³/mol. The molecule has 0 aliphatic rings. The number of hydrogen-bond donors (Lipinski definition) is 2. The number of hydrogen-bond acceptors (Lipinski definition) is 3. The van der Waals surface area contributed by atoms with Crippen LogP contribution in [0.1, 0.15) is 15.9 Å². The molecule has 0 spiro atoms. The first kappa shape index (κ1) is 13.8. The minimum Gasteiger partial charge on any atom is -0.478 e. The van der Waals surface area contributed by atoms with Crippen LogP contribution in [0.2, 0.25) is 5.02 Å². The van der Waals surface area contributed by atoms with Gasteiger partial charge in [-0.15, -0.1) is 0 Å². The quantitative estimate of drug-likeness (QED) is 0.876. The molecule has 1 aromatic carbocycles. The zero-order chi connectivity index (χ0) is 14.0. The fourth-order valence-electron chi connectivity index (χ4n) is 1.63. The Kier molecular flexibility index (Phi) is 4.07. The molecule has 0 aliphatic heterocycles. The molecule has 6 heteroatoms. The minimum atomic E-state index is -1.08. The number of rotatable bonds is 3. The number of nitrogens with zero attached hydrogens (tertiary/aromatic N) is 1. The van der Waals surface area contributed by atoms with E-state index in [0.717, 1.165) is 15.7 Å². The molecular weight excluding hydrogens is 332 g/mol. The van der Waals surface area contributed by atoms with E-state index >= 15 is 0 Å². The molecular formula is C13H10BrClN2O2. The number of benzene rings is 1. The maximum Gasteiger partial charge on any atom is 0.337 e. The van der Waals surface area contributed by atoms with Crippen LogP contribution in [0.5, 0.6) is 0 Å². The number of aromatic nitrogens is 1. The van der Waals surface area contributed by atoms with E-state index in [0.29, 0.717) is 5.82 Å². The summed E-state index contributed by atoms with van der Waals surface area (Å²) in [5.74, 6) is -0.653. The molecule has 0 saturated heterocycles. The zero-order valence-corrected chi connectivity index (χ0v) is 12.3. The Hall–Kier alpha value is -1.59. The Bertz CT molecular complexity index is 626. The van der Waals surface area contributed by atoms with Crippen molar-refractivity contribution in [2.24, 2.45) is 0 Å². The summed E-state index contributed by atoms with van der Waals surface area (Å²) >= 11 is 9.17. The third-order valence-corrected chi connectivity index (χ3v) is 3.16. The number of carboxylic acids is 1. The maximum absolute atomic E-state index is 11.0. The van der Waals surface area contributed by atoms with Gasteiger partial charge in [-0.2, -0.15) is 0 Å². The summed E-state index contributed by atoms with van der Waals surface area (Å²) in [7, 11) is 0. The number of nitrogens with one attached hydrogen (secondary N) is 1. The van der Waals surface area contributed by atoms with Crippen LogP contribution in [0.4, 0.5) is 11.5 Å². The summed E-state index contributed by atoms with van der Waals surface area (Å²) in [6.45, 7) is 1.97. The summed E-state index contributed by atoms with van der Waals surface area (Å²) < 4.78 is 0.933. The van der Waals surface area contributed by atoms with E-state index in [1.807, 2.05) is 25.1 Å². The number of pyridine rings is 1. The van der Waals surface area contributed by atoms with Gasteiger partial charge in [-0.25, -0.2) is 9.78 Å². The second kappa shape index (κ2) is 5.59. The van der Waals surface area contributed by atoms with Gasteiger partial charge in [-0.05, 0) is 36.8 Å². The van der Waals surface area contributed by atoms with E-state index < -0.39 is 5.97 Å². The molecule has 0 unspecified atom stereocenters. The highest BCUT2D eigenvalue weighted by Gasteiger charge is 2.10. The van der Waals surface area contributed by atoms with E-state index in [2.05, 4.69) is 26.2 Å². The largest absolute Gasteiger partial charge is 0.478 e. The van der Waals surface area contributed by atoms with Crippen LogP contribution in [0.25, 0.3) is 0 Å². The SMILES string of the molecule is Cc1cc(Br)cc(Nc2cc(C(=O)O)c(Cl)cn2)c1. The van der Waals surface area contributed by atoms with Gasteiger partial charge in [-0.3, -0.25) is 0 Å². The molecule has 4 nitrogen and oxygen atoms in total. The van der Waals surface area contributed by atoms with Crippen LogP contribution in [0, 0.1) is 6.92 Å². The molecule has 0 atom stereocenters.